The highest BCUT2D eigenvalue weighted by Gasteiger charge is 2.53. The Labute approximate surface area is 204 Å². The molecule has 1 unspecified atom stereocenters. The van der Waals surface area contributed by atoms with E-state index in [9.17, 15) is 19.2 Å². The molecule has 12 heteroatoms. The molecule has 3 aromatic rings. The molecule has 1 aromatic carbocycles. The van der Waals surface area contributed by atoms with Crippen LogP contribution in [0.5, 0.6) is 5.75 Å². The lowest BCUT2D eigenvalue weighted by Crippen LogP contribution is -2.52. The second-order valence-corrected chi connectivity index (χ2v) is 8.93. The minimum atomic E-state index is -1.64. The first-order valence-electron chi connectivity index (χ1n) is 11.4. The number of methoxy groups -OCH3 is 1. The molecule has 36 heavy (non-hydrogen) atoms. The van der Waals surface area contributed by atoms with Crippen LogP contribution in [0.1, 0.15) is 21.7 Å². The Balaban J connectivity index is 1.39. The lowest BCUT2D eigenvalue weighted by Gasteiger charge is -2.29. The molecule has 0 bridgehead atoms. The topological polar surface area (TPSA) is 146 Å². The van der Waals surface area contributed by atoms with Crippen molar-refractivity contribution in [3.8, 4) is 5.75 Å². The van der Waals surface area contributed by atoms with Gasteiger partial charge in [-0.3, -0.25) is 19.7 Å². The number of nitrogens with zero attached hydrogens (tertiary/aromatic N) is 3. The highest BCUT2D eigenvalue weighted by atomic mass is 16.5. The van der Waals surface area contributed by atoms with Gasteiger partial charge in [-0.05, 0) is 29.8 Å². The van der Waals surface area contributed by atoms with Crippen LogP contribution in [0, 0.1) is 0 Å². The van der Waals surface area contributed by atoms with Crippen LogP contribution in [-0.4, -0.2) is 66.9 Å². The van der Waals surface area contributed by atoms with E-state index in [2.05, 4.69) is 20.9 Å². The summed E-state index contributed by atoms with van der Waals surface area (Å²) in [5, 5.41) is 8.34. The SMILES string of the molecule is COc1ccc2c(c1)C(=O)N(CC1(c3cc4c(N5CCNC(=O)C5)nccc4o3)NC(=O)NC1=O)C2. The van der Waals surface area contributed by atoms with Crippen molar-refractivity contribution in [3.63, 3.8) is 0 Å². The number of carbonyl (C=O) groups is 4. The molecule has 2 saturated heterocycles. The van der Waals surface area contributed by atoms with Gasteiger partial charge in [0.1, 0.15) is 22.9 Å². The Bertz CT molecular complexity index is 1450. The summed E-state index contributed by atoms with van der Waals surface area (Å²) in [6, 6.07) is 7.84. The third-order valence-electron chi connectivity index (χ3n) is 6.75. The van der Waals surface area contributed by atoms with Gasteiger partial charge >= 0.3 is 6.03 Å². The van der Waals surface area contributed by atoms with E-state index >= 15 is 0 Å². The Morgan fingerprint density at radius 1 is 1.14 bits per heavy atom. The molecule has 3 aliphatic heterocycles. The number of piperazine rings is 1. The molecular weight excluding hydrogens is 468 g/mol. The van der Waals surface area contributed by atoms with Gasteiger partial charge in [0.25, 0.3) is 11.8 Å². The smallest absolute Gasteiger partial charge is 0.322 e. The number of nitrogens with one attached hydrogen (secondary N) is 3. The molecule has 3 aliphatic rings. The number of furan rings is 1. The molecule has 2 aromatic heterocycles. The number of carbonyl (C=O) groups excluding carboxylic acids is 4. The van der Waals surface area contributed by atoms with E-state index < -0.39 is 17.5 Å². The number of ether oxygens (including phenoxy) is 1. The van der Waals surface area contributed by atoms with E-state index in [0.29, 0.717) is 41.2 Å². The lowest BCUT2D eigenvalue weighted by atomic mass is 9.95. The number of aromatic nitrogens is 1. The number of hydrogen-bond acceptors (Lipinski definition) is 8. The zero-order valence-electron chi connectivity index (χ0n) is 19.3. The fourth-order valence-corrected chi connectivity index (χ4v) is 4.97. The average molecular weight is 490 g/mol. The highest BCUT2D eigenvalue weighted by Crippen LogP contribution is 2.37. The van der Waals surface area contributed by atoms with Crippen molar-refractivity contribution in [2.45, 2.75) is 12.1 Å². The highest BCUT2D eigenvalue weighted by molar-refractivity contribution is 6.08. The van der Waals surface area contributed by atoms with Crippen molar-refractivity contribution < 1.29 is 28.3 Å². The monoisotopic (exact) mass is 490 g/mol. The molecule has 0 spiro atoms. The van der Waals surface area contributed by atoms with Crippen LogP contribution in [0.15, 0.2) is 40.9 Å². The van der Waals surface area contributed by atoms with Gasteiger partial charge in [0.15, 0.2) is 5.54 Å². The van der Waals surface area contributed by atoms with E-state index in [1.807, 2.05) is 4.90 Å². The second kappa shape index (κ2) is 7.97. The normalized spacial score (nSPS) is 21.5. The first-order chi connectivity index (χ1) is 17.4. The average Bonchev–Trinajstić information content (AvgIpc) is 3.53. The van der Waals surface area contributed by atoms with Crippen molar-refractivity contribution >= 4 is 40.5 Å². The number of hydrogen-bond donors (Lipinski definition) is 3. The minimum absolute atomic E-state index is 0.119. The van der Waals surface area contributed by atoms with Crippen molar-refractivity contribution in [1.82, 2.24) is 25.8 Å². The third-order valence-corrected chi connectivity index (χ3v) is 6.75. The van der Waals surface area contributed by atoms with E-state index in [1.54, 1.807) is 36.5 Å². The molecule has 5 amide bonds. The standard InChI is InChI=1S/C24H22N6O6/c1-35-14-3-2-13-10-30(21(32)15(13)8-14)12-24(22(33)27-23(34)28-24)18-9-16-17(36-18)4-5-26-20(16)29-7-6-25-19(31)11-29/h2-5,8-9H,6-7,10-12H2,1H3,(H,25,31)(H2,27,28,33,34). The van der Waals surface area contributed by atoms with Crippen molar-refractivity contribution in [3.05, 3.63) is 53.4 Å². The summed E-state index contributed by atoms with van der Waals surface area (Å²) in [4.78, 5) is 58.4. The summed E-state index contributed by atoms with van der Waals surface area (Å²) in [6.07, 6.45) is 1.56. The summed E-state index contributed by atoms with van der Waals surface area (Å²) >= 11 is 0. The molecule has 12 nitrogen and oxygen atoms in total. The zero-order chi connectivity index (χ0) is 25.0. The van der Waals surface area contributed by atoms with Gasteiger partial charge in [0.05, 0.1) is 25.6 Å². The van der Waals surface area contributed by atoms with Crippen molar-refractivity contribution in [1.29, 1.82) is 0 Å². The van der Waals surface area contributed by atoms with Gasteiger partial charge in [-0.1, -0.05) is 6.07 Å². The molecule has 0 saturated carbocycles. The number of rotatable bonds is 5. The van der Waals surface area contributed by atoms with Gasteiger partial charge in [-0.2, -0.15) is 0 Å². The van der Waals surface area contributed by atoms with E-state index in [-0.39, 0.29) is 37.2 Å². The first kappa shape index (κ1) is 21.9. The summed E-state index contributed by atoms with van der Waals surface area (Å²) in [5.41, 5.74) is 0.0676. The Morgan fingerprint density at radius 2 is 2.00 bits per heavy atom. The van der Waals surface area contributed by atoms with Gasteiger partial charge in [-0.15, -0.1) is 0 Å². The van der Waals surface area contributed by atoms with Crippen molar-refractivity contribution in [2.75, 3.05) is 38.2 Å². The van der Waals surface area contributed by atoms with E-state index in [4.69, 9.17) is 9.15 Å². The maximum atomic E-state index is 13.2. The van der Waals surface area contributed by atoms with Gasteiger partial charge < -0.3 is 29.6 Å². The quantitative estimate of drug-likeness (QED) is 0.438. The third kappa shape index (κ3) is 3.33. The van der Waals surface area contributed by atoms with Crippen LogP contribution in [0.2, 0.25) is 0 Å². The number of fused-ring (bicyclic) bond motifs is 2. The predicted molar refractivity (Wildman–Crippen MR) is 125 cm³/mol. The zero-order valence-corrected chi connectivity index (χ0v) is 19.3. The van der Waals surface area contributed by atoms with Crippen LogP contribution in [-0.2, 0) is 21.7 Å². The maximum Gasteiger partial charge on any atom is 0.322 e. The summed E-state index contributed by atoms with van der Waals surface area (Å²) in [5.74, 6) is 0.224. The van der Waals surface area contributed by atoms with Crippen LogP contribution < -0.4 is 25.6 Å². The van der Waals surface area contributed by atoms with Gasteiger partial charge in [0.2, 0.25) is 5.91 Å². The molecule has 0 radical (unpaired) electrons. The molecule has 6 rings (SSSR count). The van der Waals surface area contributed by atoms with E-state index in [0.717, 1.165) is 5.56 Å². The Hall–Kier alpha value is -4.61. The fourth-order valence-electron chi connectivity index (χ4n) is 4.97. The summed E-state index contributed by atoms with van der Waals surface area (Å²) in [6.45, 7) is 1.30. The van der Waals surface area contributed by atoms with Gasteiger partial charge in [0, 0.05) is 31.4 Å². The summed E-state index contributed by atoms with van der Waals surface area (Å²) < 4.78 is 11.3. The van der Waals surface area contributed by atoms with Crippen LogP contribution in [0.4, 0.5) is 10.6 Å². The predicted octanol–water partition coefficient (Wildman–Crippen LogP) is 0.463. The first-order valence-corrected chi connectivity index (χ1v) is 11.4. The minimum Gasteiger partial charge on any atom is -0.497 e. The molecule has 1 atom stereocenters. The van der Waals surface area contributed by atoms with Crippen LogP contribution >= 0.6 is 0 Å². The van der Waals surface area contributed by atoms with E-state index in [1.165, 1.54) is 12.0 Å². The summed E-state index contributed by atoms with van der Waals surface area (Å²) in [7, 11) is 1.52. The van der Waals surface area contributed by atoms with Crippen molar-refractivity contribution in [2.24, 2.45) is 0 Å². The van der Waals surface area contributed by atoms with Crippen LogP contribution in [0.3, 0.4) is 0 Å². The number of imide groups is 1. The number of amides is 5. The Morgan fingerprint density at radius 3 is 2.75 bits per heavy atom. The molecule has 2 fully saturated rings. The second-order valence-electron chi connectivity index (χ2n) is 8.93. The largest absolute Gasteiger partial charge is 0.497 e. The molecule has 0 aliphatic carbocycles. The fraction of sp³-hybridized carbons (Fsp3) is 0.292. The van der Waals surface area contributed by atoms with Crippen LogP contribution in [0.25, 0.3) is 11.0 Å². The van der Waals surface area contributed by atoms with Gasteiger partial charge in [-0.25, -0.2) is 9.78 Å². The number of benzene rings is 1. The molecule has 184 valence electrons. The molecular formula is C24H22N6O6. The lowest BCUT2D eigenvalue weighted by molar-refractivity contribution is -0.125. The maximum absolute atomic E-state index is 13.2. The number of pyridine rings is 1. The Kier molecular flexibility index (Phi) is 4.85. The number of anilines is 1. The molecule has 3 N–H and O–H groups in total. The molecule has 5 heterocycles. The number of urea groups is 1.